The number of amides is 1. The number of ether oxygens (including phenoxy) is 1. The van der Waals surface area contributed by atoms with E-state index in [1.165, 1.54) is 5.56 Å². The van der Waals surface area contributed by atoms with Crippen molar-refractivity contribution in [3.8, 4) is 0 Å². The highest BCUT2D eigenvalue weighted by molar-refractivity contribution is 8.00. The predicted octanol–water partition coefficient (Wildman–Crippen LogP) is 2.38. The second-order valence-electron chi connectivity index (χ2n) is 4.94. The van der Waals surface area contributed by atoms with Crippen molar-refractivity contribution in [3.05, 3.63) is 42.5 Å². The fourth-order valence-corrected chi connectivity index (χ4v) is 2.69. The monoisotopic (exact) mass is 306 g/mol. The Kier molecular flexibility index (Phi) is 6.79. The van der Waals surface area contributed by atoms with E-state index in [4.69, 9.17) is 4.74 Å². The lowest BCUT2D eigenvalue weighted by molar-refractivity contribution is -0.113. The number of thioether (sulfide) groups is 1. The molecule has 114 valence electrons. The maximum atomic E-state index is 11.7. The van der Waals surface area contributed by atoms with Crippen LogP contribution in [0.5, 0.6) is 0 Å². The maximum absolute atomic E-state index is 11.7. The third-order valence-corrected chi connectivity index (χ3v) is 4.15. The Hall–Kier alpha value is -1.30. The van der Waals surface area contributed by atoms with Gasteiger partial charge in [-0.1, -0.05) is 18.2 Å². The lowest BCUT2D eigenvalue weighted by Gasteiger charge is -2.26. The molecule has 5 heteroatoms. The summed E-state index contributed by atoms with van der Waals surface area (Å²) in [5.41, 5.74) is 2.11. The molecule has 1 saturated heterocycles. The number of carbonyl (C=O) groups excluding carboxylic acids is 1. The zero-order chi connectivity index (χ0) is 14.9. The van der Waals surface area contributed by atoms with Gasteiger partial charge in [0.05, 0.1) is 19.0 Å². The van der Waals surface area contributed by atoms with Crippen LogP contribution in [0.25, 0.3) is 0 Å². The van der Waals surface area contributed by atoms with Crippen LogP contribution in [0.15, 0.2) is 36.9 Å². The van der Waals surface area contributed by atoms with Crippen LogP contribution in [-0.2, 0) is 16.1 Å². The summed E-state index contributed by atoms with van der Waals surface area (Å²) in [5.74, 6) is 1.29. The summed E-state index contributed by atoms with van der Waals surface area (Å²) in [5, 5.41) is 2.90. The molecule has 1 heterocycles. The fourth-order valence-electron chi connectivity index (χ4n) is 2.14. The molecule has 21 heavy (non-hydrogen) atoms. The first-order valence-electron chi connectivity index (χ1n) is 7.15. The van der Waals surface area contributed by atoms with Crippen LogP contribution in [0.3, 0.4) is 0 Å². The molecule has 1 aliphatic rings. The van der Waals surface area contributed by atoms with E-state index >= 15 is 0 Å². The van der Waals surface area contributed by atoms with E-state index in [0.717, 1.165) is 44.3 Å². The normalized spacial score (nSPS) is 15.6. The number of nitrogens with zero attached hydrogens (tertiary/aromatic N) is 1. The first-order chi connectivity index (χ1) is 10.3. The predicted molar refractivity (Wildman–Crippen MR) is 88.7 cm³/mol. The van der Waals surface area contributed by atoms with Gasteiger partial charge in [-0.15, -0.1) is 18.3 Å². The zero-order valence-corrected chi connectivity index (χ0v) is 13.0. The Labute approximate surface area is 130 Å². The minimum Gasteiger partial charge on any atom is -0.379 e. The quantitative estimate of drug-likeness (QED) is 0.620. The summed E-state index contributed by atoms with van der Waals surface area (Å²) >= 11 is 1.56. The van der Waals surface area contributed by atoms with Crippen molar-refractivity contribution in [2.24, 2.45) is 0 Å². The lowest BCUT2D eigenvalue weighted by Crippen LogP contribution is -2.35. The number of rotatable bonds is 7. The van der Waals surface area contributed by atoms with Crippen LogP contribution in [0.1, 0.15) is 5.56 Å². The second-order valence-corrected chi connectivity index (χ2v) is 5.97. The Morgan fingerprint density at radius 3 is 2.71 bits per heavy atom. The first-order valence-corrected chi connectivity index (χ1v) is 8.31. The number of hydrogen-bond donors (Lipinski definition) is 1. The molecule has 1 N–H and O–H groups in total. The summed E-state index contributed by atoms with van der Waals surface area (Å²) in [6.07, 6.45) is 1.80. The van der Waals surface area contributed by atoms with Gasteiger partial charge in [0.2, 0.25) is 5.91 Å². The van der Waals surface area contributed by atoms with Crippen LogP contribution in [0, 0.1) is 0 Å². The van der Waals surface area contributed by atoms with Gasteiger partial charge in [-0.05, 0) is 17.7 Å². The van der Waals surface area contributed by atoms with E-state index in [1.807, 2.05) is 12.1 Å². The molecule has 1 aliphatic heterocycles. The van der Waals surface area contributed by atoms with E-state index < -0.39 is 0 Å². The highest BCUT2D eigenvalue weighted by Crippen LogP contribution is 2.13. The summed E-state index contributed by atoms with van der Waals surface area (Å²) < 4.78 is 5.34. The van der Waals surface area contributed by atoms with Crippen molar-refractivity contribution in [3.63, 3.8) is 0 Å². The summed E-state index contributed by atoms with van der Waals surface area (Å²) in [6, 6.07) is 8.07. The number of nitrogens with one attached hydrogen (secondary N) is 1. The average molecular weight is 306 g/mol. The molecular formula is C16H22N2O2S. The number of carbonyl (C=O) groups is 1. The molecule has 0 unspecified atom stereocenters. The topological polar surface area (TPSA) is 41.6 Å². The van der Waals surface area contributed by atoms with Crippen LogP contribution in [0.4, 0.5) is 5.69 Å². The minimum absolute atomic E-state index is 0.0304. The van der Waals surface area contributed by atoms with Gasteiger partial charge < -0.3 is 10.1 Å². The van der Waals surface area contributed by atoms with Gasteiger partial charge in [0.1, 0.15) is 0 Å². The molecule has 2 rings (SSSR count). The first kappa shape index (κ1) is 16.1. The van der Waals surface area contributed by atoms with Gasteiger partial charge in [0.15, 0.2) is 0 Å². The third-order valence-electron chi connectivity index (χ3n) is 3.22. The molecule has 0 spiro atoms. The molecule has 0 aromatic heterocycles. The van der Waals surface area contributed by atoms with Crippen molar-refractivity contribution in [2.45, 2.75) is 6.54 Å². The molecule has 1 aromatic carbocycles. The number of benzene rings is 1. The highest BCUT2D eigenvalue weighted by atomic mass is 32.2. The maximum Gasteiger partial charge on any atom is 0.234 e. The lowest BCUT2D eigenvalue weighted by atomic mass is 10.2. The van der Waals surface area contributed by atoms with E-state index in [-0.39, 0.29) is 5.91 Å². The highest BCUT2D eigenvalue weighted by Gasteiger charge is 2.10. The van der Waals surface area contributed by atoms with Crippen molar-refractivity contribution in [2.75, 3.05) is 43.1 Å². The van der Waals surface area contributed by atoms with Crippen molar-refractivity contribution >= 4 is 23.4 Å². The van der Waals surface area contributed by atoms with E-state index in [1.54, 1.807) is 17.8 Å². The Balaban J connectivity index is 1.78. The fraction of sp³-hybridized carbons (Fsp3) is 0.438. The van der Waals surface area contributed by atoms with Crippen molar-refractivity contribution in [1.82, 2.24) is 4.90 Å². The van der Waals surface area contributed by atoms with Gasteiger partial charge in [-0.25, -0.2) is 0 Å². The summed E-state index contributed by atoms with van der Waals surface area (Å²) in [6.45, 7) is 8.17. The van der Waals surface area contributed by atoms with Crippen molar-refractivity contribution in [1.29, 1.82) is 0 Å². The Morgan fingerprint density at radius 2 is 2.05 bits per heavy atom. The molecule has 1 aromatic rings. The molecule has 1 amide bonds. The Bertz CT molecular complexity index is 456. The summed E-state index contributed by atoms with van der Waals surface area (Å²) in [4.78, 5) is 14.1. The molecule has 0 saturated carbocycles. The van der Waals surface area contributed by atoms with Crippen LogP contribution < -0.4 is 5.32 Å². The van der Waals surface area contributed by atoms with E-state index in [0.29, 0.717) is 5.75 Å². The smallest absolute Gasteiger partial charge is 0.234 e. The zero-order valence-electron chi connectivity index (χ0n) is 12.2. The summed E-state index contributed by atoms with van der Waals surface area (Å²) in [7, 11) is 0. The number of hydrogen-bond acceptors (Lipinski definition) is 4. The van der Waals surface area contributed by atoms with Gasteiger partial charge in [0, 0.05) is 31.1 Å². The standard InChI is InChI=1S/C16H22N2O2S/c1-2-11-21-13-16(19)17-15-5-3-14(4-6-15)12-18-7-9-20-10-8-18/h2-6H,1,7-13H2,(H,17,19). The molecule has 4 nitrogen and oxygen atoms in total. The van der Waals surface area contributed by atoms with Crippen LogP contribution in [0.2, 0.25) is 0 Å². The SMILES string of the molecule is C=CCSCC(=O)Nc1ccc(CN2CCOCC2)cc1. The Morgan fingerprint density at radius 1 is 1.33 bits per heavy atom. The van der Waals surface area contributed by atoms with E-state index in [2.05, 4.69) is 28.9 Å². The molecular weight excluding hydrogens is 284 g/mol. The molecule has 0 atom stereocenters. The number of anilines is 1. The van der Waals surface area contributed by atoms with Gasteiger partial charge in [-0.2, -0.15) is 0 Å². The van der Waals surface area contributed by atoms with Gasteiger partial charge in [0.25, 0.3) is 0 Å². The second kappa shape index (κ2) is 8.87. The van der Waals surface area contributed by atoms with Gasteiger partial charge >= 0.3 is 0 Å². The molecule has 1 fully saturated rings. The third kappa shape index (κ3) is 5.91. The van der Waals surface area contributed by atoms with Crippen LogP contribution in [-0.4, -0.2) is 48.6 Å². The largest absolute Gasteiger partial charge is 0.379 e. The minimum atomic E-state index is 0.0304. The number of morpholine rings is 1. The van der Waals surface area contributed by atoms with Gasteiger partial charge in [-0.3, -0.25) is 9.69 Å². The van der Waals surface area contributed by atoms with Crippen LogP contribution >= 0.6 is 11.8 Å². The average Bonchev–Trinajstić information content (AvgIpc) is 2.51. The molecule has 0 aliphatic carbocycles. The van der Waals surface area contributed by atoms with E-state index in [9.17, 15) is 4.79 Å². The molecule has 0 bridgehead atoms. The van der Waals surface area contributed by atoms with Crippen molar-refractivity contribution < 1.29 is 9.53 Å². The molecule has 0 radical (unpaired) electrons.